The van der Waals surface area contributed by atoms with Crippen molar-refractivity contribution in [2.24, 2.45) is 0 Å². The third kappa shape index (κ3) is 4.71. The van der Waals surface area contributed by atoms with E-state index >= 15 is 0 Å². The van der Waals surface area contributed by atoms with E-state index in [4.69, 9.17) is 9.47 Å². The van der Waals surface area contributed by atoms with Crippen molar-refractivity contribution in [1.82, 2.24) is 10.2 Å². The van der Waals surface area contributed by atoms with Gasteiger partial charge < -0.3 is 19.7 Å². The average molecular weight is 369 g/mol. The van der Waals surface area contributed by atoms with Gasteiger partial charge in [0.1, 0.15) is 0 Å². The molecule has 1 N–H and O–H groups in total. The molecule has 1 heterocycles. The lowest BCUT2D eigenvalue weighted by Gasteiger charge is -2.36. The minimum atomic E-state index is -0.503. The van der Waals surface area contributed by atoms with Crippen LogP contribution < -0.4 is 19.7 Å². The van der Waals surface area contributed by atoms with Gasteiger partial charge in [-0.15, -0.1) is 0 Å². The SMILES string of the molecule is CNC(=O)Oc1cc(CN2CCN(c3ccccc3C)CC2)ccc1OC. The molecule has 0 saturated carbocycles. The first-order chi connectivity index (χ1) is 13.1. The van der Waals surface area contributed by atoms with Crippen molar-refractivity contribution < 1.29 is 14.3 Å². The smallest absolute Gasteiger partial charge is 0.412 e. The Labute approximate surface area is 160 Å². The standard InChI is InChI=1S/C21H27N3O3/c1-16-6-4-5-7-18(16)24-12-10-23(11-13-24)15-17-8-9-19(26-3)20(14-17)27-21(25)22-2/h4-9,14H,10-13,15H2,1-3H3,(H,22,25). The molecule has 6 nitrogen and oxygen atoms in total. The predicted octanol–water partition coefficient (Wildman–Crippen LogP) is 3.04. The summed E-state index contributed by atoms with van der Waals surface area (Å²) in [5.41, 5.74) is 3.74. The fourth-order valence-electron chi connectivity index (χ4n) is 3.37. The van der Waals surface area contributed by atoms with Crippen LogP contribution >= 0.6 is 0 Å². The number of nitrogens with one attached hydrogen (secondary N) is 1. The van der Waals surface area contributed by atoms with Gasteiger partial charge in [-0.2, -0.15) is 0 Å². The Morgan fingerprint density at radius 2 is 1.81 bits per heavy atom. The number of methoxy groups -OCH3 is 1. The minimum absolute atomic E-state index is 0.438. The van der Waals surface area contributed by atoms with Crippen LogP contribution in [-0.4, -0.2) is 51.3 Å². The van der Waals surface area contributed by atoms with Crippen LogP contribution in [0.1, 0.15) is 11.1 Å². The van der Waals surface area contributed by atoms with Gasteiger partial charge >= 0.3 is 6.09 Å². The zero-order chi connectivity index (χ0) is 19.2. The maximum absolute atomic E-state index is 11.5. The number of carbonyl (C=O) groups excluding carboxylic acids is 1. The largest absolute Gasteiger partial charge is 0.493 e. The molecule has 0 radical (unpaired) electrons. The van der Waals surface area contributed by atoms with E-state index in [0.29, 0.717) is 11.5 Å². The van der Waals surface area contributed by atoms with Crippen molar-refractivity contribution in [3.05, 3.63) is 53.6 Å². The molecule has 0 aromatic heterocycles. The number of para-hydroxylation sites is 1. The van der Waals surface area contributed by atoms with Crippen LogP contribution in [0.15, 0.2) is 42.5 Å². The van der Waals surface area contributed by atoms with E-state index in [1.54, 1.807) is 7.11 Å². The van der Waals surface area contributed by atoms with Crippen LogP contribution in [0.25, 0.3) is 0 Å². The van der Waals surface area contributed by atoms with Crippen LogP contribution in [0.3, 0.4) is 0 Å². The molecule has 1 aliphatic rings. The normalized spacial score (nSPS) is 14.7. The molecule has 0 bridgehead atoms. The zero-order valence-corrected chi connectivity index (χ0v) is 16.2. The highest BCUT2D eigenvalue weighted by Gasteiger charge is 2.19. The molecule has 3 rings (SSSR count). The fourth-order valence-corrected chi connectivity index (χ4v) is 3.37. The number of benzene rings is 2. The maximum Gasteiger partial charge on any atom is 0.412 e. The summed E-state index contributed by atoms with van der Waals surface area (Å²) in [6.45, 7) is 6.96. The van der Waals surface area contributed by atoms with E-state index in [9.17, 15) is 4.79 Å². The molecule has 1 aliphatic heterocycles. The molecular formula is C21H27N3O3. The summed E-state index contributed by atoms with van der Waals surface area (Å²) in [6.07, 6.45) is -0.503. The quantitative estimate of drug-likeness (QED) is 0.878. The first kappa shape index (κ1) is 19.0. The number of rotatable bonds is 5. The highest BCUT2D eigenvalue weighted by molar-refractivity contribution is 5.71. The second kappa shape index (κ2) is 8.77. The average Bonchev–Trinajstić information content (AvgIpc) is 2.69. The lowest BCUT2D eigenvalue weighted by molar-refractivity contribution is 0.200. The second-order valence-electron chi connectivity index (χ2n) is 6.67. The van der Waals surface area contributed by atoms with Gasteiger partial charge in [0.2, 0.25) is 0 Å². The Kier molecular flexibility index (Phi) is 6.19. The molecule has 0 aliphatic carbocycles. The number of hydrogen-bond donors (Lipinski definition) is 1. The van der Waals surface area contributed by atoms with E-state index in [1.165, 1.54) is 18.3 Å². The van der Waals surface area contributed by atoms with Crippen LogP contribution in [0, 0.1) is 6.92 Å². The van der Waals surface area contributed by atoms with E-state index in [0.717, 1.165) is 38.3 Å². The van der Waals surface area contributed by atoms with Crippen LogP contribution in [-0.2, 0) is 6.54 Å². The molecule has 6 heteroatoms. The van der Waals surface area contributed by atoms with Crippen molar-refractivity contribution >= 4 is 11.8 Å². The Balaban J connectivity index is 1.62. The first-order valence-corrected chi connectivity index (χ1v) is 9.20. The van der Waals surface area contributed by atoms with Crippen molar-refractivity contribution in [2.75, 3.05) is 45.2 Å². The molecule has 1 saturated heterocycles. The summed E-state index contributed by atoms with van der Waals surface area (Å²) in [6, 6.07) is 14.3. The number of ether oxygens (including phenoxy) is 2. The van der Waals surface area contributed by atoms with Crippen molar-refractivity contribution in [2.45, 2.75) is 13.5 Å². The van der Waals surface area contributed by atoms with E-state index in [1.807, 2.05) is 18.2 Å². The molecule has 27 heavy (non-hydrogen) atoms. The summed E-state index contributed by atoms with van der Waals surface area (Å²) < 4.78 is 10.6. The molecule has 0 atom stereocenters. The van der Waals surface area contributed by atoms with Gasteiger partial charge in [-0.3, -0.25) is 4.90 Å². The summed E-state index contributed by atoms with van der Waals surface area (Å²) in [5.74, 6) is 0.986. The van der Waals surface area contributed by atoms with Crippen LogP contribution in [0.4, 0.5) is 10.5 Å². The third-order valence-electron chi connectivity index (χ3n) is 4.87. The van der Waals surface area contributed by atoms with Crippen LogP contribution in [0.2, 0.25) is 0 Å². The van der Waals surface area contributed by atoms with Gasteiger partial charge in [0, 0.05) is 45.5 Å². The number of piperazine rings is 1. The maximum atomic E-state index is 11.5. The van der Waals surface area contributed by atoms with Gasteiger partial charge in [-0.1, -0.05) is 24.3 Å². The molecule has 2 aromatic rings. The minimum Gasteiger partial charge on any atom is -0.493 e. The number of amides is 1. The van der Waals surface area contributed by atoms with Gasteiger partial charge in [-0.25, -0.2) is 4.79 Å². The summed E-state index contributed by atoms with van der Waals surface area (Å²) in [7, 11) is 3.10. The van der Waals surface area contributed by atoms with Gasteiger partial charge in [0.05, 0.1) is 7.11 Å². The number of nitrogens with zero attached hydrogens (tertiary/aromatic N) is 2. The Morgan fingerprint density at radius 3 is 2.48 bits per heavy atom. The number of hydrogen-bond acceptors (Lipinski definition) is 5. The first-order valence-electron chi connectivity index (χ1n) is 9.20. The Bertz CT molecular complexity index is 786. The molecule has 0 unspecified atom stereocenters. The third-order valence-corrected chi connectivity index (χ3v) is 4.87. The number of anilines is 1. The summed E-state index contributed by atoms with van der Waals surface area (Å²) in [4.78, 5) is 16.4. The van der Waals surface area contributed by atoms with E-state index < -0.39 is 6.09 Å². The monoisotopic (exact) mass is 369 g/mol. The van der Waals surface area contributed by atoms with Gasteiger partial charge in [0.15, 0.2) is 11.5 Å². The topological polar surface area (TPSA) is 54.0 Å². The Morgan fingerprint density at radius 1 is 1.07 bits per heavy atom. The van der Waals surface area contributed by atoms with Gasteiger partial charge in [-0.05, 0) is 36.2 Å². The second-order valence-corrected chi connectivity index (χ2v) is 6.67. The molecular weight excluding hydrogens is 342 g/mol. The highest BCUT2D eigenvalue weighted by atomic mass is 16.6. The van der Waals surface area contributed by atoms with Crippen molar-refractivity contribution in [1.29, 1.82) is 0 Å². The fraction of sp³-hybridized carbons (Fsp3) is 0.381. The van der Waals surface area contributed by atoms with Crippen LogP contribution in [0.5, 0.6) is 11.5 Å². The molecule has 0 spiro atoms. The predicted molar refractivity (Wildman–Crippen MR) is 107 cm³/mol. The zero-order valence-electron chi connectivity index (χ0n) is 16.2. The molecule has 2 aromatic carbocycles. The van der Waals surface area contributed by atoms with Crippen molar-refractivity contribution in [3.63, 3.8) is 0 Å². The number of aryl methyl sites for hydroxylation is 1. The Hall–Kier alpha value is -2.73. The molecule has 1 fully saturated rings. The van der Waals surface area contributed by atoms with E-state index in [-0.39, 0.29) is 0 Å². The van der Waals surface area contributed by atoms with Gasteiger partial charge in [0.25, 0.3) is 0 Å². The number of carbonyl (C=O) groups is 1. The summed E-state index contributed by atoms with van der Waals surface area (Å²) >= 11 is 0. The highest BCUT2D eigenvalue weighted by Crippen LogP contribution is 2.29. The van der Waals surface area contributed by atoms with E-state index in [2.05, 4.69) is 46.3 Å². The summed E-state index contributed by atoms with van der Waals surface area (Å²) in [5, 5.41) is 2.46. The molecule has 144 valence electrons. The lowest BCUT2D eigenvalue weighted by Crippen LogP contribution is -2.46. The lowest BCUT2D eigenvalue weighted by atomic mass is 10.1. The van der Waals surface area contributed by atoms with Crippen molar-refractivity contribution in [3.8, 4) is 11.5 Å². The molecule has 1 amide bonds.